The molecule has 5 nitrogen and oxygen atoms in total. The van der Waals surface area contributed by atoms with Crippen LogP contribution in [0.2, 0.25) is 0 Å². The van der Waals surface area contributed by atoms with Gasteiger partial charge in [-0.15, -0.1) is 0 Å². The third-order valence-corrected chi connectivity index (χ3v) is 4.71. The predicted molar refractivity (Wildman–Crippen MR) is 92.5 cm³/mol. The molecule has 0 aromatic carbocycles. The number of guanidine groups is 1. The second-order valence-corrected chi connectivity index (χ2v) is 6.23. The van der Waals surface area contributed by atoms with E-state index in [1.165, 1.54) is 32.1 Å². The molecule has 1 aliphatic rings. The highest BCUT2D eigenvalue weighted by Gasteiger charge is 2.31. The van der Waals surface area contributed by atoms with Crippen LogP contribution in [0.4, 0.5) is 0 Å². The van der Waals surface area contributed by atoms with Gasteiger partial charge in [-0.1, -0.05) is 19.8 Å². The van der Waals surface area contributed by atoms with Crippen LogP contribution in [0, 0.1) is 5.41 Å². The van der Waals surface area contributed by atoms with Crippen LogP contribution in [0.25, 0.3) is 0 Å². The Bertz CT molecular complexity index is 302. The molecule has 130 valence electrons. The maximum atomic E-state index is 5.45. The number of hydrogen-bond donors (Lipinski definition) is 2. The van der Waals surface area contributed by atoms with Crippen molar-refractivity contribution in [3.63, 3.8) is 0 Å². The average Bonchev–Trinajstić information content (AvgIpc) is 3.02. The summed E-state index contributed by atoms with van der Waals surface area (Å²) in [5.41, 5.74) is 0.493. The molecule has 0 aromatic heterocycles. The molecule has 2 N–H and O–H groups in total. The summed E-state index contributed by atoms with van der Waals surface area (Å²) in [6.45, 7) is 6.46. The smallest absolute Gasteiger partial charge is 0.190 e. The fourth-order valence-electron chi connectivity index (χ4n) is 3.05. The third kappa shape index (κ3) is 7.45. The lowest BCUT2D eigenvalue weighted by atomic mass is 9.83. The van der Waals surface area contributed by atoms with Crippen molar-refractivity contribution in [1.82, 2.24) is 10.6 Å². The number of ether oxygens (including phenoxy) is 2. The second kappa shape index (κ2) is 11.7. The van der Waals surface area contributed by atoms with E-state index in [1.807, 2.05) is 7.05 Å². The van der Waals surface area contributed by atoms with Crippen LogP contribution in [0.15, 0.2) is 4.99 Å². The molecule has 0 bridgehead atoms. The molecule has 1 saturated carbocycles. The molecule has 5 heteroatoms. The van der Waals surface area contributed by atoms with Crippen molar-refractivity contribution in [2.75, 3.05) is 47.1 Å². The second-order valence-electron chi connectivity index (χ2n) is 6.23. The van der Waals surface area contributed by atoms with Gasteiger partial charge in [0.05, 0.1) is 13.2 Å². The van der Waals surface area contributed by atoms with Gasteiger partial charge in [0.15, 0.2) is 5.96 Å². The molecular weight excluding hydrogens is 278 g/mol. The number of nitrogens with one attached hydrogen (secondary N) is 2. The molecule has 0 unspecified atom stereocenters. The van der Waals surface area contributed by atoms with Crippen LogP contribution in [0.3, 0.4) is 0 Å². The van der Waals surface area contributed by atoms with Crippen molar-refractivity contribution in [2.24, 2.45) is 10.4 Å². The van der Waals surface area contributed by atoms with Crippen molar-refractivity contribution in [1.29, 1.82) is 0 Å². The molecule has 22 heavy (non-hydrogen) atoms. The van der Waals surface area contributed by atoms with Crippen LogP contribution in [0.1, 0.15) is 51.9 Å². The lowest BCUT2D eigenvalue weighted by molar-refractivity contribution is 0.0689. The van der Waals surface area contributed by atoms with Crippen LogP contribution in [-0.4, -0.2) is 53.0 Å². The van der Waals surface area contributed by atoms with Gasteiger partial charge in [0.1, 0.15) is 0 Å². The van der Waals surface area contributed by atoms with Gasteiger partial charge in [-0.05, 0) is 37.5 Å². The Balaban J connectivity index is 2.07. The largest absolute Gasteiger partial charge is 0.382 e. The van der Waals surface area contributed by atoms with Crippen molar-refractivity contribution in [2.45, 2.75) is 51.9 Å². The molecular formula is C17H35N3O2. The minimum atomic E-state index is 0.493. The number of aliphatic imine (C=N–C) groups is 1. The molecule has 0 radical (unpaired) electrons. The highest BCUT2D eigenvalue weighted by atomic mass is 16.5. The maximum Gasteiger partial charge on any atom is 0.190 e. The van der Waals surface area contributed by atoms with Gasteiger partial charge in [0.25, 0.3) is 0 Å². The summed E-state index contributed by atoms with van der Waals surface area (Å²) in [6, 6.07) is 0. The number of methoxy groups -OCH3 is 1. The van der Waals surface area contributed by atoms with Crippen molar-refractivity contribution in [3.8, 4) is 0 Å². The standard InChI is InChI=1S/C17H35N3O2/c1-4-17(9-5-6-10-17)15-20-16(18-2)19-11-7-8-12-22-14-13-21-3/h4-15H2,1-3H3,(H2,18,19,20). The first-order chi connectivity index (χ1) is 10.8. The SMILES string of the molecule is CCC1(CNC(=NC)NCCCCOCCOC)CCCC1. The molecule has 0 heterocycles. The molecule has 1 aliphatic carbocycles. The van der Waals surface area contributed by atoms with E-state index in [9.17, 15) is 0 Å². The Labute approximate surface area is 136 Å². The molecule has 1 fully saturated rings. The van der Waals surface area contributed by atoms with Crippen molar-refractivity contribution in [3.05, 3.63) is 0 Å². The monoisotopic (exact) mass is 313 g/mol. The fourth-order valence-corrected chi connectivity index (χ4v) is 3.05. The average molecular weight is 313 g/mol. The quantitative estimate of drug-likeness (QED) is 0.350. The zero-order valence-electron chi connectivity index (χ0n) is 14.7. The summed E-state index contributed by atoms with van der Waals surface area (Å²) >= 11 is 0. The van der Waals surface area contributed by atoms with E-state index in [4.69, 9.17) is 9.47 Å². The van der Waals surface area contributed by atoms with E-state index in [-0.39, 0.29) is 0 Å². The summed E-state index contributed by atoms with van der Waals surface area (Å²) in [4.78, 5) is 4.32. The maximum absolute atomic E-state index is 5.45. The van der Waals surface area contributed by atoms with E-state index in [0.29, 0.717) is 18.6 Å². The van der Waals surface area contributed by atoms with E-state index >= 15 is 0 Å². The van der Waals surface area contributed by atoms with E-state index < -0.39 is 0 Å². The van der Waals surface area contributed by atoms with Crippen molar-refractivity contribution >= 4 is 5.96 Å². The zero-order chi connectivity index (χ0) is 16.1. The third-order valence-electron chi connectivity index (χ3n) is 4.71. The van der Waals surface area contributed by atoms with E-state index in [0.717, 1.165) is 38.5 Å². The normalized spacial score (nSPS) is 17.7. The first kappa shape index (κ1) is 19.2. The molecule has 0 spiro atoms. The Kier molecular flexibility index (Phi) is 10.2. The zero-order valence-corrected chi connectivity index (χ0v) is 14.7. The highest BCUT2D eigenvalue weighted by Crippen LogP contribution is 2.40. The molecule has 0 aliphatic heterocycles. The Hall–Kier alpha value is -0.810. The molecule has 1 rings (SSSR count). The van der Waals surface area contributed by atoms with Crippen molar-refractivity contribution < 1.29 is 9.47 Å². The number of rotatable bonds is 11. The summed E-state index contributed by atoms with van der Waals surface area (Å²) in [5.74, 6) is 0.931. The van der Waals surface area contributed by atoms with Gasteiger partial charge in [0, 0.05) is 33.9 Å². The van der Waals surface area contributed by atoms with Crippen LogP contribution in [0.5, 0.6) is 0 Å². The summed E-state index contributed by atoms with van der Waals surface area (Å²) < 4.78 is 10.4. The minimum absolute atomic E-state index is 0.493. The Morgan fingerprint density at radius 3 is 2.50 bits per heavy atom. The van der Waals surface area contributed by atoms with Gasteiger partial charge in [-0.25, -0.2) is 0 Å². The first-order valence-corrected chi connectivity index (χ1v) is 8.77. The number of unbranched alkanes of at least 4 members (excludes halogenated alkanes) is 1. The summed E-state index contributed by atoms with van der Waals surface area (Å²) in [6.07, 6.45) is 8.88. The Morgan fingerprint density at radius 2 is 1.86 bits per heavy atom. The van der Waals surface area contributed by atoms with Crippen LogP contribution in [-0.2, 0) is 9.47 Å². The number of nitrogens with zero attached hydrogens (tertiary/aromatic N) is 1. The van der Waals surface area contributed by atoms with Gasteiger partial charge >= 0.3 is 0 Å². The van der Waals surface area contributed by atoms with Crippen LogP contribution >= 0.6 is 0 Å². The lowest BCUT2D eigenvalue weighted by Crippen LogP contribution is -2.43. The Morgan fingerprint density at radius 1 is 1.09 bits per heavy atom. The van der Waals surface area contributed by atoms with Gasteiger partial charge in [0.2, 0.25) is 0 Å². The number of hydrogen-bond acceptors (Lipinski definition) is 3. The van der Waals surface area contributed by atoms with Crippen LogP contribution < -0.4 is 10.6 Å². The van der Waals surface area contributed by atoms with Gasteiger partial charge < -0.3 is 20.1 Å². The molecule has 0 amide bonds. The molecule has 0 atom stereocenters. The fraction of sp³-hybridized carbons (Fsp3) is 0.941. The highest BCUT2D eigenvalue weighted by molar-refractivity contribution is 5.79. The van der Waals surface area contributed by atoms with Gasteiger partial charge in [-0.2, -0.15) is 0 Å². The van der Waals surface area contributed by atoms with E-state index in [1.54, 1.807) is 7.11 Å². The minimum Gasteiger partial charge on any atom is -0.382 e. The van der Waals surface area contributed by atoms with E-state index in [2.05, 4.69) is 22.5 Å². The lowest BCUT2D eigenvalue weighted by Gasteiger charge is -2.28. The topological polar surface area (TPSA) is 54.9 Å². The molecule has 0 aromatic rings. The molecule has 0 saturated heterocycles. The summed E-state index contributed by atoms with van der Waals surface area (Å²) in [5, 5.41) is 6.91. The first-order valence-electron chi connectivity index (χ1n) is 8.77. The predicted octanol–water partition coefficient (Wildman–Crippen LogP) is 2.57. The van der Waals surface area contributed by atoms with Gasteiger partial charge in [-0.3, -0.25) is 4.99 Å². The summed E-state index contributed by atoms with van der Waals surface area (Å²) in [7, 11) is 3.54.